The van der Waals surface area contributed by atoms with E-state index in [9.17, 15) is 0 Å². The lowest BCUT2D eigenvalue weighted by Crippen LogP contribution is -2.46. The molecule has 0 aliphatic carbocycles. The summed E-state index contributed by atoms with van der Waals surface area (Å²) < 4.78 is 0. The summed E-state index contributed by atoms with van der Waals surface area (Å²) in [6, 6.07) is 10.1. The summed E-state index contributed by atoms with van der Waals surface area (Å²) in [5.74, 6) is 0. The third-order valence-corrected chi connectivity index (χ3v) is 4.24. The number of anilines is 1. The van der Waals surface area contributed by atoms with E-state index in [1.807, 2.05) is 18.2 Å². The SMILES string of the molecule is Cc1n[nH]c(C)c1N1CCN(Cc2cccc(C#N)c2)CC1. The van der Waals surface area contributed by atoms with Gasteiger partial charge in [0.05, 0.1) is 28.7 Å². The van der Waals surface area contributed by atoms with Crippen LogP contribution in [0.5, 0.6) is 0 Å². The highest BCUT2D eigenvalue weighted by Crippen LogP contribution is 2.23. The first-order valence-electron chi connectivity index (χ1n) is 7.65. The fourth-order valence-corrected chi connectivity index (χ4v) is 3.14. The van der Waals surface area contributed by atoms with Crippen molar-refractivity contribution >= 4 is 5.69 Å². The molecule has 0 unspecified atom stereocenters. The molecule has 1 saturated heterocycles. The first-order valence-corrected chi connectivity index (χ1v) is 7.65. The molecular formula is C17H21N5. The maximum Gasteiger partial charge on any atom is 0.0991 e. The molecule has 1 N–H and O–H groups in total. The largest absolute Gasteiger partial charge is 0.366 e. The summed E-state index contributed by atoms with van der Waals surface area (Å²) in [4.78, 5) is 4.86. The summed E-state index contributed by atoms with van der Waals surface area (Å²) in [5.41, 5.74) is 5.43. The van der Waals surface area contributed by atoms with Crippen molar-refractivity contribution in [1.82, 2.24) is 15.1 Å². The Bertz CT molecular complexity index is 670. The zero-order chi connectivity index (χ0) is 15.5. The second-order valence-corrected chi connectivity index (χ2v) is 5.86. The van der Waals surface area contributed by atoms with Crippen molar-refractivity contribution in [3.63, 3.8) is 0 Å². The number of piperazine rings is 1. The maximum absolute atomic E-state index is 8.98. The number of aryl methyl sites for hydroxylation is 2. The Labute approximate surface area is 131 Å². The minimum Gasteiger partial charge on any atom is -0.366 e. The molecule has 0 bridgehead atoms. The fourth-order valence-electron chi connectivity index (χ4n) is 3.14. The molecule has 0 radical (unpaired) electrons. The lowest BCUT2D eigenvalue weighted by Gasteiger charge is -2.36. The van der Waals surface area contributed by atoms with E-state index in [4.69, 9.17) is 5.26 Å². The molecule has 1 fully saturated rings. The molecule has 3 rings (SSSR count). The van der Waals surface area contributed by atoms with Gasteiger partial charge < -0.3 is 4.90 Å². The van der Waals surface area contributed by atoms with Crippen molar-refractivity contribution in [2.75, 3.05) is 31.1 Å². The third kappa shape index (κ3) is 2.97. The highest BCUT2D eigenvalue weighted by molar-refractivity contribution is 5.54. The van der Waals surface area contributed by atoms with Crippen LogP contribution in [-0.4, -0.2) is 41.3 Å². The molecule has 0 atom stereocenters. The van der Waals surface area contributed by atoms with E-state index in [1.54, 1.807) is 0 Å². The number of H-pyrrole nitrogens is 1. The number of nitrogens with zero attached hydrogens (tertiary/aromatic N) is 4. The number of nitrogens with one attached hydrogen (secondary N) is 1. The maximum atomic E-state index is 8.98. The van der Waals surface area contributed by atoms with Crippen molar-refractivity contribution in [2.24, 2.45) is 0 Å². The molecule has 0 spiro atoms. The van der Waals surface area contributed by atoms with E-state index in [1.165, 1.54) is 11.3 Å². The molecule has 5 heteroatoms. The molecule has 5 nitrogen and oxygen atoms in total. The van der Waals surface area contributed by atoms with Crippen LogP contribution in [0.2, 0.25) is 0 Å². The van der Waals surface area contributed by atoms with Gasteiger partial charge in [0.1, 0.15) is 0 Å². The Balaban J connectivity index is 1.61. The molecule has 1 aliphatic rings. The van der Waals surface area contributed by atoms with Crippen molar-refractivity contribution in [2.45, 2.75) is 20.4 Å². The van der Waals surface area contributed by atoms with Crippen LogP contribution in [0.3, 0.4) is 0 Å². The Morgan fingerprint density at radius 3 is 2.64 bits per heavy atom. The van der Waals surface area contributed by atoms with Gasteiger partial charge >= 0.3 is 0 Å². The number of hydrogen-bond acceptors (Lipinski definition) is 4. The van der Waals surface area contributed by atoms with Gasteiger partial charge in [-0.2, -0.15) is 10.4 Å². The van der Waals surface area contributed by atoms with Gasteiger partial charge in [0, 0.05) is 32.7 Å². The predicted molar refractivity (Wildman–Crippen MR) is 86.7 cm³/mol. The number of aromatic nitrogens is 2. The lowest BCUT2D eigenvalue weighted by molar-refractivity contribution is 0.249. The second kappa shape index (κ2) is 6.20. The Hall–Kier alpha value is -2.32. The molecule has 2 heterocycles. The molecule has 1 aromatic heterocycles. The van der Waals surface area contributed by atoms with Crippen LogP contribution in [0.25, 0.3) is 0 Å². The van der Waals surface area contributed by atoms with Crippen LogP contribution >= 0.6 is 0 Å². The molecule has 2 aromatic rings. The fraction of sp³-hybridized carbons (Fsp3) is 0.412. The van der Waals surface area contributed by atoms with Crippen LogP contribution in [0, 0.1) is 25.2 Å². The molecule has 1 aliphatic heterocycles. The first-order chi connectivity index (χ1) is 10.7. The van der Waals surface area contributed by atoms with Gasteiger partial charge in [0.25, 0.3) is 0 Å². The molecule has 1 aromatic carbocycles. The molecule has 114 valence electrons. The normalized spacial score (nSPS) is 15.8. The van der Waals surface area contributed by atoms with Crippen LogP contribution in [-0.2, 0) is 6.54 Å². The minimum absolute atomic E-state index is 0.737. The predicted octanol–water partition coefficient (Wildman–Crippen LogP) is 2.22. The number of hydrogen-bond donors (Lipinski definition) is 1. The average Bonchev–Trinajstić information content (AvgIpc) is 2.87. The van der Waals surface area contributed by atoms with Gasteiger partial charge in [0.2, 0.25) is 0 Å². The highest BCUT2D eigenvalue weighted by atomic mass is 15.3. The van der Waals surface area contributed by atoms with Gasteiger partial charge in [-0.3, -0.25) is 10.00 Å². The summed E-state index contributed by atoms with van der Waals surface area (Å²) in [7, 11) is 0. The molecule has 22 heavy (non-hydrogen) atoms. The molecular weight excluding hydrogens is 274 g/mol. The van der Waals surface area contributed by atoms with E-state index >= 15 is 0 Å². The van der Waals surface area contributed by atoms with Crippen molar-refractivity contribution in [3.8, 4) is 6.07 Å². The van der Waals surface area contributed by atoms with E-state index in [-0.39, 0.29) is 0 Å². The first kappa shape index (κ1) is 14.6. The van der Waals surface area contributed by atoms with Gasteiger partial charge in [0.15, 0.2) is 0 Å². The van der Waals surface area contributed by atoms with Gasteiger partial charge in [-0.15, -0.1) is 0 Å². The zero-order valence-corrected chi connectivity index (χ0v) is 13.1. The number of benzene rings is 1. The van der Waals surface area contributed by atoms with Crippen molar-refractivity contribution in [3.05, 3.63) is 46.8 Å². The average molecular weight is 295 g/mol. The Kier molecular flexibility index (Phi) is 4.12. The lowest BCUT2D eigenvalue weighted by atomic mass is 10.1. The van der Waals surface area contributed by atoms with Crippen molar-refractivity contribution < 1.29 is 0 Å². The van der Waals surface area contributed by atoms with Crippen LogP contribution in [0.1, 0.15) is 22.5 Å². The zero-order valence-electron chi connectivity index (χ0n) is 13.1. The summed E-state index contributed by atoms with van der Waals surface area (Å²) in [5, 5.41) is 16.3. The van der Waals surface area contributed by atoms with E-state index in [0.717, 1.165) is 49.7 Å². The van der Waals surface area contributed by atoms with Crippen LogP contribution in [0.15, 0.2) is 24.3 Å². The summed E-state index contributed by atoms with van der Waals surface area (Å²) in [6.45, 7) is 9.13. The van der Waals surface area contributed by atoms with Crippen LogP contribution < -0.4 is 4.90 Å². The smallest absolute Gasteiger partial charge is 0.0991 e. The number of nitriles is 1. The number of aromatic amines is 1. The van der Waals surface area contributed by atoms with Crippen LogP contribution in [0.4, 0.5) is 5.69 Å². The summed E-state index contributed by atoms with van der Waals surface area (Å²) in [6.07, 6.45) is 0. The topological polar surface area (TPSA) is 59.0 Å². The monoisotopic (exact) mass is 295 g/mol. The second-order valence-electron chi connectivity index (χ2n) is 5.86. The summed E-state index contributed by atoms with van der Waals surface area (Å²) >= 11 is 0. The van der Waals surface area contributed by atoms with Gasteiger partial charge in [-0.1, -0.05) is 12.1 Å². The quantitative estimate of drug-likeness (QED) is 0.943. The number of rotatable bonds is 3. The standard InChI is InChI=1S/C17H21N5/c1-13-17(14(2)20-19-13)22-8-6-21(7-9-22)12-16-5-3-4-15(10-16)11-18/h3-5,10H,6-9,12H2,1-2H3,(H,19,20). The minimum atomic E-state index is 0.737. The third-order valence-electron chi connectivity index (χ3n) is 4.24. The Morgan fingerprint density at radius 1 is 1.23 bits per heavy atom. The van der Waals surface area contributed by atoms with E-state index in [0.29, 0.717) is 0 Å². The van der Waals surface area contributed by atoms with Gasteiger partial charge in [-0.05, 0) is 31.5 Å². The van der Waals surface area contributed by atoms with E-state index in [2.05, 4.69) is 46.0 Å². The molecule has 0 amide bonds. The molecule has 0 saturated carbocycles. The Morgan fingerprint density at radius 2 is 2.00 bits per heavy atom. The van der Waals surface area contributed by atoms with Gasteiger partial charge in [-0.25, -0.2) is 0 Å². The van der Waals surface area contributed by atoms with Crippen molar-refractivity contribution in [1.29, 1.82) is 5.26 Å². The highest BCUT2D eigenvalue weighted by Gasteiger charge is 2.21. The van der Waals surface area contributed by atoms with E-state index < -0.39 is 0 Å².